The van der Waals surface area contributed by atoms with Crippen molar-refractivity contribution in [3.63, 3.8) is 0 Å². The fourth-order valence-corrected chi connectivity index (χ4v) is 2.15. The normalized spacial score (nSPS) is 23.2. The monoisotopic (exact) mass is 183 g/mol. The summed E-state index contributed by atoms with van der Waals surface area (Å²) < 4.78 is 0. The maximum absolute atomic E-state index is 7.42. The van der Waals surface area contributed by atoms with E-state index < -0.39 is 0 Å². The molecule has 1 fully saturated rings. The lowest BCUT2D eigenvalue weighted by Crippen LogP contribution is -2.41. The van der Waals surface area contributed by atoms with Gasteiger partial charge in [0.15, 0.2) is 5.96 Å². The van der Waals surface area contributed by atoms with Crippen LogP contribution < -0.4 is 10.6 Å². The first kappa shape index (κ1) is 10.4. The van der Waals surface area contributed by atoms with Crippen molar-refractivity contribution in [2.45, 2.75) is 40.2 Å². The van der Waals surface area contributed by atoms with E-state index in [4.69, 9.17) is 5.41 Å². The summed E-state index contributed by atoms with van der Waals surface area (Å²) in [5, 5.41) is 13.6. The van der Waals surface area contributed by atoms with Crippen molar-refractivity contribution >= 4 is 5.96 Å². The molecule has 1 saturated heterocycles. The molecule has 1 heterocycles. The zero-order chi connectivity index (χ0) is 10.1. The van der Waals surface area contributed by atoms with Crippen LogP contribution in [0.25, 0.3) is 0 Å². The van der Waals surface area contributed by atoms with Gasteiger partial charge in [0.2, 0.25) is 0 Å². The van der Waals surface area contributed by atoms with Crippen LogP contribution in [0.15, 0.2) is 0 Å². The predicted octanol–water partition coefficient (Wildman–Crippen LogP) is 1.55. The molecule has 1 unspecified atom stereocenters. The topological polar surface area (TPSA) is 47.9 Å². The number of guanidine groups is 1. The third kappa shape index (κ3) is 2.61. The Bertz CT molecular complexity index is 196. The van der Waals surface area contributed by atoms with Gasteiger partial charge in [-0.3, -0.25) is 5.41 Å². The first-order valence-corrected chi connectivity index (χ1v) is 5.01. The van der Waals surface area contributed by atoms with E-state index in [1.54, 1.807) is 0 Å². The minimum atomic E-state index is 0.268. The van der Waals surface area contributed by atoms with Crippen LogP contribution in [0, 0.1) is 16.7 Å². The molecule has 0 spiro atoms. The van der Waals surface area contributed by atoms with E-state index in [1.807, 2.05) is 0 Å². The summed E-state index contributed by atoms with van der Waals surface area (Å²) >= 11 is 0. The van der Waals surface area contributed by atoms with E-state index in [2.05, 4.69) is 38.3 Å². The van der Waals surface area contributed by atoms with Crippen LogP contribution in [0.5, 0.6) is 0 Å². The van der Waals surface area contributed by atoms with Gasteiger partial charge < -0.3 is 10.6 Å². The van der Waals surface area contributed by atoms with Gasteiger partial charge in [0, 0.05) is 6.54 Å². The molecule has 0 aromatic rings. The maximum Gasteiger partial charge on any atom is 0.188 e. The fraction of sp³-hybridized carbons (Fsp3) is 0.900. The first-order chi connectivity index (χ1) is 5.92. The van der Waals surface area contributed by atoms with Crippen LogP contribution in [0.2, 0.25) is 0 Å². The van der Waals surface area contributed by atoms with Gasteiger partial charge in [0.1, 0.15) is 0 Å². The number of nitrogens with one attached hydrogen (secondary N) is 3. The van der Waals surface area contributed by atoms with Crippen molar-refractivity contribution in [3.8, 4) is 0 Å². The van der Waals surface area contributed by atoms with Crippen LogP contribution in [-0.2, 0) is 0 Å². The van der Waals surface area contributed by atoms with Crippen molar-refractivity contribution in [2.75, 3.05) is 6.54 Å². The number of rotatable bonds is 3. The van der Waals surface area contributed by atoms with Crippen molar-refractivity contribution in [1.29, 1.82) is 5.41 Å². The molecule has 1 aliphatic heterocycles. The molecule has 1 atom stereocenters. The van der Waals surface area contributed by atoms with Gasteiger partial charge in [-0.2, -0.15) is 0 Å². The largest absolute Gasteiger partial charge is 0.354 e. The van der Waals surface area contributed by atoms with Gasteiger partial charge in [-0.15, -0.1) is 0 Å². The number of hydrogen-bond acceptors (Lipinski definition) is 1. The highest BCUT2D eigenvalue weighted by Gasteiger charge is 2.33. The van der Waals surface area contributed by atoms with Crippen LogP contribution in [0.3, 0.4) is 0 Å². The SMILES string of the molecule is CC(C)CC(C)(C)C1CNC(=N)N1. The maximum atomic E-state index is 7.42. The molecule has 3 nitrogen and oxygen atoms in total. The fourth-order valence-electron chi connectivity index (χ4n) is 2.15. The van der Waals surface area contributed by atoms with Crippen LogP contribution in [-0.4, -0.2) is 18.5 Å². The average Bonchev–Trinajstić information content (AvgIpc) is 2.32. The molecule has 13 heavy (non-hydrogen) atoms. The predicted molar refractivity (Wildman–Crippen MR) is 55.9 cm³/mol. The summed E-state index contributed by atoms with van der Waals surface area (Å²) in [6, 6.07) is 0.405. The Morgan fingerprint density at radius 1 is 1.54 bits per heavy atom. The Morgan fingerprint density at radius 3 is 2.54 bits per heavy atom. The van der Waals surface area contributed by atoms with Gasteiger partial charge in [-0.05, 0) is 17.8 Å². The molecule has 3 N–H and O–H groups in total. The second-order valence-electron chi connectivity index (χ2n) is 5.04. The summed E-state index contributed by atoms with van der Waals surface area (Å²) in [5.74, 6) is 1.19. The lowest BCUT2D eigenvalue weighted by molar-refractivity contribution is 0.225. The summed E-state index contributed by atoms with van der Waals surface area (Å²) in [6.45, 7) is 9.92. The van der Waals surface area contributed by atoms with Crippen LogP contribution in [0.4, 0.5) is 0 Å². The van der Waals surface area contributed by atoms with Gasteiger partial charge in [0.25, 0.3) is 0 Å². The Kier molecular flexibility index (Phi) is 2.84. The Labute approximate surface area is 80.8 Å². The summed E-state index contributed by atoms with van der Waals surface area (Å²) in [5.41, 5.74) is 0.268. The quantitative estimate of drug-likeness (QED) is 0.622. The molecule has 1 rings (SSSR count). The summed E-state index contributed by atoms with van der Waals surface area (Å²) in [4.78, 5) is 0. The van der Waals surface area contributed by atoms with Crippen molar-refractivity contribution in [2.24, 2.45) is 11.3 Å². The molecule has 0 aromatic carbocycles. The second kappa shape index (κ2) is 3.56. The molecule has 0 saturated carbocycles. The third-order valence-electron chi connectivity index (χ3n) is 2.68. The standard InChI is InChI=1S/C10H21N3/c1-7(2)5-10(3,4)8-6-12-9(11)13-8/h7-8H,5-6H2,1-4H3,(H3,11,12,13). The van der Waals surface area contributed by atoms with Crippen LogP contribution >= 0.6 is 0 Å². The lowest BCUT2D eigenvalue weighted by Gasteiger charge is -2.32. The van der Waals surface area contributed by atoms with Gasteiger partial charge in [0.05, 0.1) is 6.04 Å². The smallest absolute Gasteiger partial charge is 0.188 e. The zero-order valence-corrected chi connectivity index (χ0v) is 9.07. The van der Waals surface area contributed by atoms with Gasteiger partial charge in [-0.25, -0.2) is 0 Å². The molecule has 76 valence electrons. The highest BCUT2D eigenvalue weighted by Crippen LogP contribution is 2.29. The summed E-state index contributed by atoms with van der Waals surface area (Å²) in [6.07, 6.45) is 1.19. The molecule has 0 amide bonds. The number of hydrogen-bond donors (Lipinski definition) is 3. The third-order valence-corrected chi connectivity index (χ3v) is 2.68. The van der Waals surface area contributed by atoms with E-state index in [0.717, 1.165) is 6.54 Å². The zero-order valence-electron chi connectivity index (χ0n) is 9.07. The van der Waals surface area contributed by atoms with Gasteiger partial charge in [-0.1, -0.05) is 27.7 Å². The average molecular weight is 183 g/mol. The molecule has 0 bridgehead atoms. The Balaban J connectivity index is 2.53. The molecule has 0 aliphatic carbocycles. The lowest BCUT2D eigenvalue weighted by atomic mass is 9.78. The molecule has 1 aliphatic rings. The molecular formula is C10H21N3. The Hall–Kier alpha value is -0.730. The van der Waals surface area contributed by atoms with E-state index in [9.17, 15) is 0 Å². The van der Waals surface area contributed by atoms with Crippen molar-refractivity contribution in [1.82, 2.24) is 10.6 Å². The minimum Gasteiger partial charge on any atom is -0.354 e. The van der Waals surface area contributed by atoms with E-state index in [0.29, 0.717) is 17.9 Å². The van der Waals surface area contributed by atoms with E-state index in [-0.39, 0.29) is 5.41 Å². The van der Waals surface area contributed by atoms with E-state index >= 15 is 0 Å². The van der Waals surface area contributed by atoms with Crippen molar-refractivity contribution in [3.05, 3.63) is 0 Å². The molecular weight excluding hydrogens is 162 g/mol. The summed E-state index contributed by atoms with van der Waals surface area (Å²) in [7, 11) is 0. The molecule has 0 aromatic heterocycles. The van der Waals surface area contributed by atoms with Crippen LogP contribution in [0.1, 0.15) is 34.1 Å². The van der Waals surface area contributed by atoms with E-state index in [1.165, 1.54) is 6.42 Å². The highest BCUT2D eigenvalue weighted by molar-refractivity contribution is 5.79. The molecule has 3 heteroatoms. The van der Waals surface area contributed by atoms with Gasteiger partial charge >= 0.3 is 0 Å². The highest BCUT2D eigenvalue weighted by atomic mass is 15.2. The second-order valence-corrected chi connectivity index (χ2v) is 5.04. The van der Waals surface area contributed by atoms with Crippen molar-refractivity contribution < 1.29 is 0 Å². The minimum absolute atomic E-state index is 0.268. The first-order valence-electron chi connectivity index (χ1n) is 5.01. The molecule has 0 radical (unpaired) electrons. The Morgan fingerprint density at radius 2 is 2.15 bits per heavy atom.